The van der Waals surface area contributed by atoms with Crippen molar-refractivity contribution in [3.8, 4) is 0 Å². The fourth-order valence-corrected chi connectivity index (χ4v) is 3.53. The van der Waals surface area contributed by atoms with Crippen LogP contribution in [0.4, 0.5) is 11.4 Å². The number of pyridine rings is 1. The van der Waals surface area contributed by atoms with Crippen LogP contribution in [0.3, 0.4) is 0 Å². The van der Waals surface area contributed by atoms with E-state index in [4.69, 9.17) is 0 Å². The number of benzene rings is 1. The van der Waals surface area contributed by atoms with Gasteiger partial charge >= 0.3 is 0 Å². The lowest BCUT2D eigenvalue weighted by Crippen LogP contribution is -2.16. The zero-order valence-corrected chi connectivity index (χ0v) is 12.6. The zero-order valence-electron chi connectivity index (χ0n) is 11.8. The summed E-state index contributed by atoms with van der Waals surface area (Å²) >= 11 is 0. The van der Waals surface area contributed by atoms with Gasteiger partial charge in [0.25, 0.3) is 10.0 Å². The maximum absolute atomic E-state index is 12.4. The van der Waals surface area contributed by atoms with E-state index in [1.807, 2.05) is 13.0 Å². The number of aryl methyl sites for hydroxylation is 2. The van der Waals surface area contributed by atoms with Crippen LogP contribution in [-0.4, -0.2) is 19.9 Å². The van der Waals surface area contributed by atoms with Gasteiger partial charge in [0, 0.05) is 18.4 Å². The van der Waals surface area contributed by atoms with Crippen molar-refractivity contribution < 1.29 is 8.42 Å². The van der Waals surface area contributed by atoms with Gasteiger partial charge in [-0.15, -0.1) is 0 Å². The molecule has 0 atom stereocenters. The van der Waals surface area contributed by atoms with Crippen molar-refractivity contribution in [1.82, 2.24) is 4.98 Å². The second kappa shape index (κ2) is 5.37. The number of rotatable bonds is 3. The van der Waals surface area contributed by atoms with E-state index in [0.29, 0.717) is 5.69 Å². The Morgan fingerprint density at radius 1 is 1.24 bits per heavy atom. The molecular formula is C15H17N3O2S. The first-order valence-corrected chi connectivity index (χ1v) is 8.34. The molecule has 0 spiro atoms. The standard InChI is InChI=1S/C15H17N3O2S/c1-11-7-13(10-16-9-11)18-21(19,20)14-4-5-15-12(8-14)3-2-6-17-15/h4-5,7-10,17-18H,2-3,6H2,1H3. The molecule has 0 amide bonds. The minimum absolute atomic E-state index is 0.284. The molecule has 0 radical (unpaired) electrons. The summed E-state index contributed by atoms with van der Waals surface area (Å²) in [6.45, 7) is 2.81. The third-order valence-electron chi connectivity index (χ3n) is 3.45. The molecule has 1 aromatic heterocycles. The van der Waals surface area contributed by atoms with Crippen LogP contribution in [-0.2, 0) is 16.4 Å². The number of nitrogens with zero attached hydrogens (tertiary/aromatic N) is 1. The van der Waals surface area contributed by atoms with Gasteiger partial charge in [-0.05, 0) is 55.2 Å². The van der Waals surface area contributed by atoms with Crippen LogP contribution in [0.2, 0.25) is 0 Å². The fraction of sp³-hybridized carbons (Fsp3) is 0.267. The Bertz CT molecular complexity index is 772. The van der Waals surface area contributed by atoms with E-state index < -0.39 is 10.0 Å². The monoisotopic (exact) mass is 303 g/mol. The van der Waals surface area contributed by atoms with Crippen molar-refractivity contribution in [2.75, 3.05) is 16.6 Å². The van der Waals surface area contributed by atoms with Crippen molar-refractivity contribution in [3.63, 3.8) is 0 Å². The van der Waals surface area contributed by atoms with Gasteiger partial charge in [0.1, 0.15) is 0 Å². The summed E-state index contributed by atoms with van der Waals surface area (Å²) in [4.78, 5) is 4.28. The molecule has 5 nitrogen and oxygen atoms in total. The van der Waals surface area contributed by atoms with Crippen LogP contribution in [0.5, 0.6) is 0 Å². The first-order chi connectivity index (χ1) is 10.0. The highest BCUT2D eigenvalue weighted by Crippen LogP contribution is 2.26. The smallest absolute Gasteiger partial charge is 0.261 e. The number of hydrogen-bond acceptors (Lipinski definition) is 4. The maximum Gasteiger partial charge on any atom is 0.261 e. The average Bonchev–Trinajstić information content (AvgIpc) is 2.46. The van der Waals surface area contributed by atoms with Gasteiger partial charge in [-0.2, -0.15) is 0 Å². The highest BCUT2D eigenvalue weighted by Gasteiger charge is 2.17. The van der Waals surface area contributed by atoms with E-state index in [2.05, 4.69) is 15.0 Å². The Balaban J connectivity index is 1.91. The molecule has 0 saturated carbocycles. The second-order valence-electron chi connectivity index (χ2n) is 5.21. The molecule has 2 heterocycles. The van der Waals surface area contributed by atoms with Gasteiger partial charge < -0.3 is 5.32 Å². The van der Waals surface area contributed by atoms with Gasteiger partial charge in [0.2, 0.25) is 0 Å². The zero-order chi connectivity index (χ0) is 14.9. The van der Waals surface area contributed by atoms with Crippen molar-refractivity contribution in [3.05, 3.63) is 47.8 Å². The average molecular weight is 303 g/mol. The van der Waals surface area contributed by atoms with E-state index in [-0.39, 0.29) is 4.90 Å². The first-order valence-electron chi connectivity index (χ1n) is 6.86. The van der Waals surface area contributed by atoms with Crippen molar-refractivity contribution >= 4 is 21.4 Å². The molecule has 1 aliphatic heterocycles. The molecule has 0 unspecified atom stereocenters. The normalized spacial score (nSPS) is 14.1. The molecule has 0 bridgehead atoms. The van der Waals surface area contributed by atoms with Crippen molar-refractivity contribution in [2.45, 2.75) is 24.7 Å². The van der Waals surface area contributed by atoms with E-state index in [1.54, 1.807) is 24.4 Å². The lowest BCUT2D eigenvalue weighted by Gasteiger charge is -2.18. The van der Waals surface area contributed by atoms with E-state index in [1.165, 1.54) is 6.20 Å². The van der Waals surface area contributed by atoms with Crippen LogP contribution in [0.25, 0.3) is 0 Å². The van der Waals surface area contributed by atoms with Gasteiger partial charge in [-0.3, -0.25) is 9.71 Å². The minimum atomic E-state index is -3.58. The Labute approximate surface area is 124 Å². The topological polar surface area (TPSA) is 71.1 Å². The number of anilines is 2. The van der Waals surface area contributed by atoms with Crippen LogP contribution in [0.1, 0.15) is 17.5 Å². The van der Waals surface area contributed by atoms with Crippen LogP contribution in [0, 0.1) is 6.92 Å². The lowest BCUT2D eigenvalue weighted by atomic mass is 10.0. The number of aromatic nitrogens is 1. The summed E-state index contributed by atoms with van der Waals surface area (Å²) in [5.74, 6) is 0. The first kappa shape index (κ1) is 13.9. The largest absolute Gasteiger partial charge is 0.385 e. The lowest BCUT2D eigenvalue weighted by molar-refractivity contribution is 0.601. The summed E-state index contributed by atoms with van der Waals surface area (Å²) < 4.78 is 27.5. The van der Waals surface area contributed by atoms with Gasteiger partial charge in [0.05, 0.1) is 16.8 Å². The van der Waals surface area contributed by atoms with Crippen LogP contribution < -0.4 is 10.0 Å². The quantitative estimate of drug-likeness (QED) is 0.914. The SMILES string of the molecule is Cc1cncc(NS(=O)(=O)c2ccc3c(c2)CCCN3)c1. The van der Waals surface area contributed by atoms with E-state index in [0.717, 1.165) is 36.2 Å². The number of nitrogens with one attached hydrogen (secondary N) is 2. The summed E-state index contributed by atoms with van der Waals surface area (Å²) in [7, 11) is -3.58. The molecular weight excluding hydrogens is 286 g/mol. The van der Waals surface area contributed by atoms with Gasteiger partial charge in [0.15, 0.2) is 0 Å². The molecule has 6 heteroatoms. The Hall–Kier alpha value is -2.08. The highest BCUT2D eigenvalue weighted by atomic mass is 32.2. The van der Waals surface area contributed by atoms with E-state index in [9.17, 15) is 8.42 Å². The molecule has 1 aromatic carbocycles. The summed E-state index contributed by atoms with van der Waals surface area (Å²) in [5.41, 5.74) is 3.46. The number of fused-ring (bicyclic) bond motifs is 1. The van der Waals surface area contributed by atoms with Gasteiger partial charge in [-0.1, -0.05) is 0 Å². The van der Waals surface area contributed by atoms with Gasteiger partial charge in [-0.25, -0.2) is 8.42 Å². The summed E-state index contributed by atoms with van der Waals surface area (Å²) in [6.07, 6.45) is 5.11. The summed E-state index contributed by atoms with van der Waals surface area (Å²) in [5, 5.41) is 3.27. The van der Waals surface area contributed by atoms with E-state index >= 15 is 0 Å². The Morgan fingerprint density at radius 3 is 2.90 bits per heavy atom. The molecule has 2 N–H and O–H groups in total. The molecule has 3 rings (SSSR count). The second-order valence-corrected chi connectivity index (χ2v) is 6.89. The fourth-order valence-electron chi connectivity index (χ4n) is 2.44. The third-order valence-corrected chi connectivity index (χ3v) is 4.83. The number of hydrogen-bond donors (Lipinski definition) is 2. The van der Waals surface area contributed by atoms with Crippen LogP contribution in [0.15, 0.2) is 41.6 Å². The summed E-state index contributed by atoms with van der Waals surface area (Å²) in [6, 6.07) is 6.96. The Morgan fingerprint density at radius 2 is 2.10 bits per heavy atom. The molecule has 0 aliphatic carbocycles. The minimum Gasteiger partial charge on any atom is -0.385 e. The predicted octanol–water partition coefficient (Wildman–Crippen LogP) is 2.55. The molecule has 21 heavy (non-hydrogen) atoms. The third kappa shape index (κ3) is 3.00. The van der Waals surface area contributed by atoms with Crippen molar-refractivity contribution in [1.29, 1.82) is 0 Å². The van der Waals surface area contributed by atoms with Crippen molar-refractivity contribution in [2.24, 2.45) is 0 Å². The maximum atomic E-state index is 12.4. The molecule has 0 saturated heterocycles. The molecule has 0 fully saturated rings. The number of sulfonamides is 1. The predicted molar refractivity (Wildman–Crippen MR) is 83.0 cm³/mol. The molecule has 2 aromatic rings. The van der Waals surface area contributed by atoms with Crippen LogP contribution >= 0.6 is 0 Å². The highest BCUT2D eigenvalue weighted by molar-refractivity contribution is 7.92. The molecule has 110 valence electrons. The molecule has 1 aliphatic rings. The Kier molecular flexibility index (Phi) is 3.55.